The molecule has 0 aromatic carbocycles. The highest BCUT2D eigenvalue weighted by Gasteiger charge is 2.24. The van der Waals surface area contributed by atoms with Crippen molar-refractivity contribution in [3.05, 3.63) is 0 Å². The molecule has 2 rings (SSSR count). The molecule has 2 aliphatic carbocycles. The first-order valence-corrected chi connectivity index (χ1v) is 6.12. The van der Waals surface area contributed by atoms with Gasteiger partial charge in [-0.15, -0.1) is 0 Å². The molecule has 0 unspecified atom stereocenters. The Balaban J connectivity index is 1.78. The SMILES string of the molecule is C[C@H]1CCCC[C@H]1NC1CCCC1. The summed E-state index contributed by atoms with van der Waals surface area (Å²) in [7, 11) is 0. The number of hydrogen-bond donors (Lipinski definition) is 1. The van der Waals surface area contributed by atoms with E-state index in [-0.39, 0.29) is 0 Å². The summed E-state index contributed by atoms with van der Waals surface area (Å²) in [6, 6.07) is 1.71. The minimum Gasteiger partial charge on any atom is -0.311 e. The molecule has 0 amide bonds. The van der Waals surface area contributed by atoms with Crippen LogP contribution in [0.25, 0.3) is 0 Å². The topological polar surface area (TPSA) is 12.0 Å². The fourth-order valence-electron chi connectivity index (χ4n) is 2.96. The second kappa shape index (κ2) is 4.45. The lowest BCUT2D eigenvalue weighted by molar-refractivity contribution is 0.258. The summed E-state index contributed by atoms with van der Waals surface area (Å²) in [6.45, 7) is 2.42. The average molecular weight is 181 g/mol. The third-order valence-electron chi connectivity index (χ3n) is 3.92. The summed E-state index contributed by atoms with van der Waals surface area (Å²) < 4.78 is 0. The molecule has 0 aromatic heterocycles. The van der Waals surface area contributed by atoms with Crippen LogP contribution in [0.5, 0.6) is 0 Å². The van der Waals surface area contributed by atoms with E-state index in [1.807, 2.05) is 0 Å². The highest BCUT2D eigenvalue weighted by atomic mass is 15.0. The largest absolute Gasteiger partial charge is 0.311 e. The Morgan fingerprint density at radius 1 is 0.846 bits per heavy atom. The predicted octanol–water partition coefficient (Wildman–Crippen LogP) is 3.10. The van der Waals surface area contributed by atoms with E-state index in [0.717, 1.165) is 18.0 Å². The predicted molar refractivity (Wildman–Crippen MR) is 56.8 cm³/mol. The van der Waals surface area contributed by atoms with Crippen LogP contribution in [0.4, 0.5) is 0 Å². The van der Waals surface area contributed by atoms with Gasteiger partial charge in [0, 0.05) is 12.1 Å². The second-order valence-corrected chi connectivity index (χ2v) is 5.02. The number of hydrogen-bond acceptors (Lipinski definition) is 1. The number of nitrogens with one attached hydrogen (secondary N) is 1. The van der Waals surface area contributed by atoms with Gasteiger partial charge in [0.05, 0.1) is 0 Å². The average Bonchev–Trinajstić information content (AvgIpc) is 2.61. The Morgan fingerprint density at radius 2 is 1.46 bits per heavy atom. The molecule has 0 aliphatic heterocycles. The van der Waals surface area contributed by atoms with E-state index in [1.165, 1.54) is 51.4 Å². The van der Waals surface area contributed by atoms with Crippen LogP contribution in [0, 0.1) is 5.92 Å². The molecule has 1 heteroatoms. The number of rotatable bonds is 2. The first kappa shape index (κ1) is 9.51. The van der Waals surface area contributed by atoms with Gasteiger partial charge in [-0.3, -0.25) is 0 Å². The summed E-state index contributed by atoms with van der Waals surface area (Å²) in [5, 5.41) is 3.87. The molecule has 76 valence electrons. The van der Waals surface area contributed by atoms with Crippen molar-refractivity contribution in [2.75, 3.05) is 0 Å². The minimum atomic E-state index is 0.844. The van der Waals surface area contributed by atoms with Crippen LogP contribution in [-0.4, -0.2) is 12.1 Å². The van der Waals surface area contributed by atoms with E-state index in [0.29, 0.717) is 0 Å². The third-order valence-corrected chi connectivity index (χ3v) is 3.92. The zero-order chi connectivity index (χ0) is 9.10. The maximum atomic E-state index is 3.87. The van der Waals surface area contributed by atoms with E-state index < -0.39 is 0 Å². The van der Waals surface area contributed by atoms with Crippen LogP contribution < -0.4 is 5.32 Å². The Kier molecular flexibility index (Phi) is 3.26. The molecular formula is C12H23N. The minimum absolute atomic E-state index is 0.844. The Labute approximate surface area is 82.3 Å². The summed E-state index contributed by atoms with van der Waals surface area (Å²) in [4.78, 5) is 0. The van der Waals surface area contributed by atoms with Gasteiger partial charge in [-0.25, -0.2) is 0 Å². The van der Waals surface area contributed by atoms with Crippen molar-refractivity contribution >= 4 is 0 Å². The molecule has 1 N–H and O–H groups in total. The summed E-state index contributed by atoms with van der Waals surface area (Å²) in [5.74, 6) is 0.925. The Bertz CT molecular complexity index is 149. The molecule has 0 spiro atoms. The molecule has 2 aliphatic rings. The van der Waals surface area contributed by atoms with Crippen LogP contribution in [0.15, 0.2) is 0 Å². The highest BCUT2D eigenvalue weighted by molar-refractivity contribution is 4.83. The van der Waals surface area contributed by atoms with Crippen LogP contribution in [0.2, 0.25) is 0 Å². The van der Waals surface area contributed by atoms with Crippen molar-refractivity contribution in [3.63, 3.8) is 0 Å². The van der Waals surface area contributed by atoms with Gasteiger partial charge >= 0.3 is 0 Å². The van der Waals surface area contributed by atoms with Crippen LogP contribution in [-0.2, 0) is 0 Å². The van der Waals surface area contributed by atoms with Crippen molar-refractivity contribution in [1.29, 1.82) is 0 Å². The monoisotopic (exact) mass is 181 g/mol. The van der Waals surface area contributed by atoms with Gasteiger partial charge in [-0.2, -0.15) is 0 Å². The maximum Gasteiger partial charge on any atom is 0.00952 e. The van der Waals surface area contributed by atoms with E-state index in [1.54, 1.807) is 0 Å². The molecule has 2 saturated carbocycles. The molecule has 0 aromatic rings. The second-order valence-electron chi connectivity index (χ2n) is 5.02. The van der Waals surface area contributed by atoms with Gasteiger partial charge in [0.1, 0.15) is 0 Å². The Morgan fingerprint density at radius 3 is 2.15 bits per heavy atom. The fraction of sp³-hybridized carbons (Fsp3) is 1.00. The van der Waals surface area contributed by atoms with Gasteiger partial charge in [0.2, 0.25) is 0 Å². The van der Waals surface area contributed by atoms with Gasteiger partial charge in [-0.1, -0.05) is 32.6 Å². The van der Waals surface area contributed by atoms with Crippen molar-refractivity contribution in [2.45, 2.75) is 70.4 Å². The fourth-order valence-corrected chi connectivity index (χ4v) is 2.96. The van der Waals surface area contributed by atoms with Gasteiger partial charge < -0.3 is 5.32 Å². The lowest BCUT2D eigenvalue weighted by atomic mass is 9.85. The van der Waals surface area contributed by atoms with Crippen LogP contribution in [0.3, 0.4) is 0 Å². The molecule has 0 radical (unpaired) electrons. The third kappa shape index (κ3) is 2.46. The van der Waals surface area contributed by atoms with Crippen LogP contribution >= 0.6 is 0 Å². The van der Waals surface area contributed by atoms with Gasteiger partial charge in [0.25, 0.3) is 0 Å². The first-order valence-electron chi connectivity index (χ1n) is 6.12. The normalized spacial score (nSPS) is 36.7. The molecule has 1 nitrogen and oxygen atoms in total. The van der Waals surface area contributed by atoms with E-state index in [2.05, 4.69) is 12.2 Å². The van der Waals surface area contributed by atoms with E-state index >= 15 is 0 Å². The first-order chi connectivity index (χ1) is 6.36. The zero-order valence-corrected chi connectivity index (χ0v) is 8.89. The quantitative estimate of drug-likeness (QED) is 0.690. The standard InChI is InChI=1S/C12H23N/c1-10-6-2-5-9-12(10)13-11-7-3-4-8-11/h10-13H,2-9H2,1H3/t10-,12+/m0/s1. The Hall–Kier alpha value is -0.0400. The molecule has 0 bridgehead atoms. The van der Waals surface area contributed by atoms with Crippen molar-refractivity contribution in [1.82, 2.24) is 5.32 Å². The molecular weight excluding hydrogens is 158 g/mol. The van der Waals surface area contributed by atoms with E-state index in [9.17, 15) is 0 Å². The summed E-state index contributed by atoms with van der Waals surface area (Å²) >= 11 is 0. The van der Waals surface area contributed by atoms with Crippen molar-refractivity contribution < 1.29 is 0 Å². The molecule has 0 heterocycles. The van der Waals surface area contributed by atoms with Crippen LogP contribution in [0.1, 0.15) is 58.3 Å². The highest BCUT2D eigenvalue weighted by Crippen LogP contribution is 2.26. The lowest BCUT2D eigenvalue weighted by Gasteiger charge is -2.32. The van der Waals surface area contributed by atoms with Crippen molar-refractivity contribution in [2.24, 2.45) is 5.92 Å². The van der Waals surface area contributed by atoms with Gasteiger partial charge in [-0.05, 0) is 31.6 Å². The molecule has 2 fully saturated rings. The maximum absolute atomic E-state index is 3.87. The molecule has 2 atom stereocenters. The van der Waals surface area contributed by atoms with E-state index in [4.69, 9.17) is 0 Å². The zero-order valence-electron chi connectivity index (χ0n) is 8.89. The smallest absolute Gasteiger partial charge is 0.00952 e. The van der Waals surface area contributed by atoms with Crippen molar-refractivity contribution in [3.8, 4) is 0 Å². The lowest BCUT2D eigenvalue weighted by Crippen LogP contribution is -2.42. The van der Waals surface area contributed by atoms with Gasteiger partial charge in [0.15, 0.2) is 0 Å². The molecule has 0 saturated heterocycles. The molecule has 13 heavy (non-hydrogen) atoms. The summed E-state index contributed by atoms with van der Waals surface area (Å²) in [6.07, 6.45) is 11.6. The summed E-state index contributed by atoms with van der Waals surface area (Å²) in [5.41, 5.74) is 0.